The van der Waals surface area contributed by atoms with Crippen LogP contribution in [0.2, 0.25) is 0 Å². The van der Waals surface area contributed by atoms with Crippen molar-refractivity contribution in [1.29, 1.82) is 0 Å². The van der Waals surface area contributed by atoms with E-state index in [4.69, 9.17) is 0 Å². The Bertz CT molecular complexity index is 1620. The Kier molecular flexibility index (Phi) is 11.3. The highest BCUT2D eigenvalue weighted by Crippen LogP contribution is 2.34. The van der Waals surface area contributed by atoms with Crippen molar-refractivity contribution >= 4 is 53.0 Å². The third-order valence-corrected chi connectivity index (χ3v) is 8.11. The number of ether oxygens (including phenoxy) is 1. The zero-order valence-corrected chi connectivity index (χ0v) is 27.2. The fourth-order valence-electron chi connectivity index (χ4n) is 4.87. The van der Waals surface area contributed by atoms with Gasteiger partial charge in [-0.15, -0.1) is 13.2 Å². The number of alkyl halides is 3. The average Bonchev–Trinajstić information content (AvgIpc) is 3.00. The van der Waals surface area contributed by atoms with Crippen molar-refractivity contribution in [2.24, 2.45) is 15.1 Å². The molecule has 1 atom stereocenters. The molecule has 1 heterocycles. The number of nitrogens with zero attached hydrogens (tertiary/aromatic N) is 5. The van der Waals surface area contributed by atoms with Gasteiger partial charge in [0.25, 0.3) is 0 Å². The molecule has 46 heavy (non-hydrogen) atoms. The van der Waals surface area contributed by atoms with Crippen molar-refractivity contribution in [2.45, 2.75) is 52.4 Å². The van der Waals surface area contributed by atoms with Crippen LogP contribution < -0.4 is 20.0 Å². The molecule has 3 aromatic rings. The lowest BCUT2D eigenvalue weighted by Crippen LogP contribution is -2.42. The van der Waals surface area contributed by atoms with Crippen LogP contribution in [0.25, 0.3) is 6.08 Å². The number of urea groups is 1. The van der Waals surface area contributed by atoms with Crippen LogP contribution in [0.5, 0.6) is 5.75 Å². The highest BCUT2D eigenvalue weighted by molar-refractivity contribution is 8.14. The van der Waals surface area contributed by atoms with Crippen LogP contribution in [0.15, 0.2) is 93.6 Å². The van der Waals surface area contributed by atoms with Gasteiger partial charge < -0.3 is 15.0 Å². The number of rotatable bonds is 8. The molecule has 1 aliphatic heterocycles. The molecule has 0 radical (unpaired) electrons. The second-order valence-corrected chi connectivity index (χ2v) is 12.1. The van der Waals surface area contributed by atoms with Gasteiger partial charge in [0.05, 0.1) is 5.69 Å². The zero-order chi connectivity index (χ0) is 33.4. The van der Waals surface area contributed by atoms with E-state index in [1.54, 1.807) is 25.7 Å². The molecule has 0 spiro atoms. The summed E-state index contributed by atoms with van der Waals surface area (Å²) in [6.45, 7) is 11.9. The van der Waals surface area contributed by atoms with E-state index in [1.165, 1.54) is 34.8 Å². The molecular formula is C34H37F3N6O2S. The van der Waals surface area contributed by atoms with Crippen LogP contribution in [0.3, 0.4) is 0 Å². The lowest BCUT2D eigenvalue weighted by Gasteiger charge is -2.37. The van der Waals surface area contributed by atoms with Gasteiger partial charge in [0.1, 0.15) is 5.75 Å². The SMILES string of the molecule is C=N/C(=N\N(C)c1ccc(OC(F)(F)F)cc1)c1ccc(/C=C(\C)NC(=O)/N=C2\SCCC(C)N2c2ccccc2C(C)C)cc1. The topological polar surface area (TPSA) is 81.9 Å². The van der Waals surface area contributed by atoms with Gasteiger partial charge in [-0.2, -0.15) is 10.1 Å². The number of nitrogens with one attached hydrogen (secondary N) is 1. The molecule has 1 unspecified atom stereocenters. The number of aliphatic imine (C=N–C) groups is 2. The first-order chi connectivity index (χ1) is 21.8. The van der Waals surface area contributed by atoms with Crippen LogP contribution in [-0.2, 0) is 0 Å². The van der Waals surface area contributed by atoms with Gasteiger partial charge in [0.15, 0.2) is 11.0 Å². The number of carbonyl (C=O) groups is 1. The lowest BCUT2D eigenvalue weighted by molar-refractivity contribution is -0.274. The molecule has 8 nitrogen and oxygen atoms in total. The van der Waals surface area contributed by atoms with Gasteiger partial charge in [-0.3, -0.25) is 5.01 Å². The molecule has 1 N–H and O–H groups in total. The monoisotopic (exact) mass is 650 g/mol. The summed E-state index contributed by atoms with van der Waals surface area (Å²) in [6.07, 6.45) is -1.94. The maximum atomic E-state index is 13.0. The van der Waals surface area contributed by atoms with E-state index in [9.17, 15) is 18.0 Å². The Balaban J connectivity index is 1.44. The zero-order valence-electron chi connectivity index (χ0n) is 26.4. The summed E-state index contributed by atoms with van der Waals surface area (Å²) in [7, 11) is 1.64. The number of carbonyl (C=O) groups excluding carboxylic acids is 1. The summed E-state index contributed by atoms with van der Waals surface area (Å²) in [6, 6.07) is 20.7. The molecule has 12 heteroatoms. The number of thioether (sulfide) groups is 1. The molecule has 1 saturated heterocycles. The van der Waals surface area contributed by atoms with Gasteiger partial charge in [-0.05, 0) is 80.4 Å². The molecule has 1 aliphatic rings. The first-order valence-electron chi connectivity index (χ1n) is 14.7. The predicted octanol–water partition coefficient (Wildman–Crippen LogP) is 8.67. The van der Waals surface area contributed by atoms with E-state index in [1.807, 2.05) is 42.5 Å². The number of hydrogen-bond donors (Lipinski definition) is 1. The summed E-state index contributed by atoms with van der Waals surface area (Å²) in [5.74, 6) is 1.21. The van der Waals surface area contributed by atoms with Crippen molar-refractivity contribution in [3.63, 3.8) is 0 Å². The van der Waals surface area contributed by atoms with E-state index < -0.39 is 12.4 Å². The van der Waals surface area contributed by atoms with Gasteiger partial charge in [0.2, 0.25) is 0 Å². The van der Waals surface area contributed by atoms with Crippen molar-refractivity contribution in [1.82, 2.24) is 5.32 Å². The average molecular weight is 651 g/mol. The minimum Gasteiger partial charge on any atom is -0.406 e. The highest BCUT2D eigenvalue weighted by Gasteiger charge is 2.31. The van der Waals surface area contributed by atoms with Crippen LogP contribution in [0, 0.1) is 0 Å². The van der Waals surface area contributed by atoms with Crippen LogP contribution in [0.1, 0.15) is 56.7 Å². The Morgan fingerprint density at radius 2 is 1.78 bits per heavy atom. The summed E-state index contributed by atoms with van der Waals surface area (Å²) in [4.78, 5) is 23.7. The third kappa shape index (κ3) is 9.23. The fraction of sp³-hybridized carbons (Fsp3) is 0.294. The number of anilines is 2. The van der Waals surface area contributed by atoms with Gasteiger partial charge in [0, 0.05) is 35.8 Å². The van der Waals surface area contributed by atoms with Crippen LogP contribution in [-0.4, -0.2) is 49.0 Å². The fourth-order valence-corrected chi connectivity index (χ4v) is 6.08. The van der Waals surface area contributed by atoms with Crippen molar-refractivity contribution in [3.8, 4) is 5.75 Å². The van der Waals surface area contributed by atoms with Crippen LogP contribution >= 0.6 is 11.8 Å². The molecule has 3 aromatic carbocycles. The number of hydrazone groups is 1. The molecule has 1 fully saturated rings. The Morgan fingerprint density at radius 1 is 1.11 bits per heavy atom. The van der Waals surface area contributed by atoms with E-state index in [0.717, 1.165) is 23.4 Å². The van der Waals surface area contributed by atoms with Gasteiger partial charge in [-0.1, -0.05) is 68.1 Å². The second kappa shape index (κ2) is 15.1. The smallest absolute Gasteiger partial charge is 0.406 e. The number of halogens is 3. The van der Waals surface area contributed by atoms with Crippen LogP contribution in [0.4, 0.5) is 29.3 Å². The van der Waals surface area contributed by atoms with Gasteiger partial charge >= 0.3 is 12.4 Å². The number of allylic oxidation sites excluding steroid dienone is 1. The molecule has 4 rings (SSSR count). The lowest BCUT2D eigenvalue weighted by atomic mass is 9.99. The minimum absolute atomic E-state index is 0.208. The molecule has 2 amide bonds. The molecule has 0 bridgehead atoms. The van der Waals surface area contributed by atoms with Gasteiger partial charge in [-0.25, -0.2) is 9.79 Å². The molecule has 0 aliphatic carbocycles. The van der Waals surface area contributed by atoms with E-state index in [0.29, 0.717) is 33.9 Å². The Morgan fingerprint density at radius 3 is 2.41 bits per heavy atom. The number of para-hydroxylation sites is 1. The maximum Gasteiger partial charge on any atom is 0.573 e. The predicted molar refractivity (Wildman–Crippen MR) is 183 cm³/mol. The molecular weight excluding hydrogens is 613 g/mol. The molecule has 0 aromatic heterocycles. The van der Waals surface area contributed by atoms with Crippen molar-refractivity contribution < 1.29 is 22.7 Å². The Labute approximate surface area is 271 Å². The second-order valence-electron chi connectivity index (χ2n) is 11.0. The van der Waals surface area contributed by atoms with Crippen molar-refractivity contribution in [2.75, 3.05) is 22.7 Å². The quantitative estimate of drug-likeness (QED) is 0.150. The molecule has 242 valence electrons. The maximum absolute atomic E-state index is 13.0. The summed E-state index contributed by atoms with van der Waals surface area (Å²) >= 11 is 1.58. The number of amidine groups is 2. The van der Waals surface area contributed by atoms with E-state index >= 15 is 0 Å². The molecule has 0 saturated carbocycles. The summed E-state index contributed by atoms with van der Waals surface area (Å²) in [5, 5.41) is 9.47. The van der Waals surface area contributed by atoms with Crippen molar-refractivity contribution in [3.05, 3.63) is 95.2 Å². The Hall–Kier alpha value is -4.58. The van der Waals surface area contributed by atoms with E-state index in [-0.39, 0.29) is 11.8 Å². The minimum atomic E-state index is -4.76. The normalized spacial score (nSPS) is 16.8. The van der Waals surface area contributed by atoms with E-state index in [2.05, 4.69) is 69.7 Å². The number of benzene rings is 3. The largest absolute Gasteiger partial charge is 0.573 e. The summed E-state index contributed by atoms with van der Waals surface area (Å²) in [5.41, 5.74) is 4.95. The first-order valence-corrected chi connectivity index (χ1v) is 15.7. The summed E-state index contributed by atoms with van der Waals surface area (Å²) < 4.78 is 41.3. The number of amides is 2. The number of hydrogen-bond acceptors (Lipinski definition) is 5. The highest BCUT2D eigenvalue weighted by atomic mass is 32.2. The third-order valence-electron chi connectivity index (χ3n) is 7.12. The first kappa shape index (κ1) is 34.3. The standard InChI is InChI=1S/C34H37F3N6O2S/c1-22(2)29-9-7-8-10-30(29)43-24(4)19-20-46-33(43)40-32(44)39-23(3)21-25-11-13-26(14-12-25)31(38-5)41-42(6)27-15-17-28(18-16-27)45-34(35,36)37/h7-18,21-22,24H,5,19-20H2,1-4,6H3,(H,39,44)/b23-21+,40-33-,41-31-.